The first-order valence-corrected chi connectivity index (χ1v) is 6.09. The van der Waals surface area contributed by atoms with Crippen LogP contribution in [0.3, 0.4) is 0 Å². The van der Waals surface area contributed by atoms with E-state index < -0.39 is 0 Å². The Kier molecular flexibility index (Phi) is 4.36. The molecule has 1 unspecified atom stereocenters. The molecule has 0 aliphatic heterocycles. The molecule has 2 rings (SSSR count). The molecule has 2 heterocycles. The average Bonchev–Trinajstić information content (AvgIpc) is 2.93. The third kappa shape index (κ3) is 3.11. The summed E-state index contributed by atoms with van der Waals surface area (Å²) >= 11 is 0. The fraction of sp³-hybridized carbons (Fsp3) is 0.357. The molecule has 0 radical (unpaired) electrons. The molecule has 0 saturated heterocycles. The standard InChI is InChI=1S/C14H18N2O2/c1-3-15-12(13-5-4-8-18-13)9-11-6-7-14(17-2)16-10-11/h4-8,10,12,15H,3,9H2,1-2H3. The Balaban J connectivity index is 2.08. The molecule has 0 spiro atoms. The summed E-state index contributed by atoms with van der Waals surface area (Å²) in [6, 6.07) is 7.98. The molecule has 4 heteroatoms. The number of methoxy groups -OCH3 is 1. The zero-order chi connectivity index (χ0) is 12.8. The lowest BCUT2D eigenvalue weighted by Gasteiger charge is -2.15. The molecule has 1 atom stereocenters. The Labute approximate surface area is 107 Å². The van der Waals surface area contributed by atoms with Crippen molar-refractivity contribution >= 4 is 0 Å². The molecule has 0 aromatic carbocycles. The minimum Gasteiger partial charge on any atom is -0.481 e. The molecule has 18 heavy (non-hydrogen) atoms. The SMILES string of the molecule is CCNC(Cc1ccc(OC)nc1)c1ccco1. The third-order valence-electron chi connectivity index (χ3n) is 2.78. The van der Waals surface area contributed by atoms with E-state index in [4.69, 9.17) is 9.15 Å². The largest absolute Gasteiger partial charge is 0.481 e. The van der Waals surface area contributed by atoms with Gasteiger partial charge >= 0.3 is 0 Å². The van der Waals surface area contributed by atoms with Crippen LogP contribution in [0.1, 0.15) is 24.3 Å². The number of furan rings is 1. The summed E-state index contributed by atoms with van der Waals surface area (Å²) in [4.78, 5) is 4.21. The molecule has 1 N–H and O–H groups in total. The Hall–Kier alpha value is -1.81. The lowest BCUT2D eigenvalue weighted by molar-refractivity contribution is 0.396. The number of nitrogens with zero attached hydrogens (tertiary/aromatic N) is 1. The molecule has 0 fully saturated rings. The van der Waals surface area contributed by atoms with Crippen LogP contribution in [-0.4, -0.2) is 18.6 Å². The van der Waals surface area contributed by atoms with Gasteiger partial charge in [0, 0.05) is 12.3 Å². The van der Waals surface area contributed by atoms with Crippen molar-refractivity contribution in [2.75, 3.05) is 13.7 Å². The van der Waals surface area contributed by atoms with E-state index in [0.717, 1.165) is 24.3 Å². The van der Waals surface area contributed by atoms with Crippen molar-refractivity contribution in [1.29, 1.82) is 0 Å². The van der Waals surface area contributed by atoms with Crippen molar-refractivity contribution in [3.63, 3.8) is 0 Å². The topological polar surface area (TPSA) is 47.3 Å². The van der Waals surface area contributed by atoms with Gasteiger partial charge in [-0.1, -0.05) is 13.0 Å². The number of hydrogen-bond donors (Lipinski definition) is 1. The first-order valence-electron chi connectivity index (χ1n) is 6.09. The Morgan fingerprint density at radius 3 is 2.83 bits per heavy atom. The van der Waals surface area contributed by atoms with Crippen molar-refractivity contribution in [1.82, 2.24) is 10.3 Å². The van der Waals surface area contributed by atoms with Crippen LogP contribution in [0, 0.1) is 0 Å². The summed E-state index contributed by atoms with van der Waals surface area (Å²) in [6.07, 6.45) is 4.39. The predicted molar refractivity (Wildman–Crippen MR) is 69.6 cm³/mol. The maximum atomic E-state index is 5.46. The third-order valence-corrected chi connectivity index (χ3v) is 2.78. The molecule has 2 aromatic heterocycles. The van der Waals surface area contributed by atoms with Gasteiger partial charge in [0.15, 0.2) is 0 Å². The first-order chi connectivity index (χ1) is 8.83. The molecule has 4 nitrogen and oxygen atoms in total. The van der Waals surface area contributed by atoms with Gasteiger partial charge in [-0.2, -0.15) is 0 Å². The molecule has 0 bridgehead atoms. The van der Waals surface area contributed by atoms with E-state index in [1.807, 2.05) is 30.5 Å². The summed E-state index contributed by atoms with van der Waals surface area (Å²) in [5, 5.41) is 3.41. The quantitative estimate of drug-likeness (QED) is 0.851. The van der Waals surface area contributed by atoms with Gasteiger partial charge in [0.1, 0.15) is 5.76 Å². The molecular formula is C14H18N2O2. The van der Waals surface area contributed by atoms with Crippen molar-refractivity contribution in [2.24, 2.45) is 0 Å². The van der Waals surface area contributed by atoms with Gasteiger partial charge in [-0.25, -0.2) is 4.98 Å². The number of likely N-dealkylation sites (N-methyl/N-ethyl adjacent to an activating group) is 1. The zero-order valence-electron chi connectivity index (χ0n) is 10.7. The molecule has 0 amide bonds. The van der Waals surface area contributed by atoms with Gasteiger partial charge in [0.25, 0.3) is 0 Å². The smallest absolute Gasteiger partial charge is 0.212 e. The van der Waals surface area contributed by atoms with Gasteiger partial charge in [-0.05, 0) is 30.7 Å². The van der Waals surface area contributed by atoms with Crippen molar-refractivity contribution in [3.05, 3.63) is 48.0 Å². The molecular weight excluding hydrogens is 228 g/mol. The van der Waals surface area contributed by atoms with Gasteiger partial charge < -0.3 is 14.5 Å². The average molecular weight is 246 g/mol. The number of nitrogens with one attached hydrogen (secondary N) is 1. The van der Waals surface area contributed by atoms with Gasteiger partial charge in [-0.15, -0.1) is 0 Å². The minimum atomic E-state index is 0.181. The zero-order valence-corrected chi connectivity index (χ0v) is 10.7. The van der Waals surface area contributed by atoms with Gasteiger partial charge in [-0.3, -0.25) is 0 Å². The highest BCUT2D eigenvalue weighted by Gasteiger charge is 2.13. The molecule has 2 aromatic rings. The van der Waals surface area contributed by atoms with Crippen LogP contribution in [0.4, 0.5) is 0 Å². The van der Waals surface area contributed by atoms with E-state index in [9.17, 15) is 0 Å². The maximum absolute atomic E-state index is 5.46. The second kappa shape index (κ2) is 6.21. The molecule has 0 aliphatic rings. The number of hydrogen-bond acceptors (Lipinski definition) is 4. The molecule has 0 aliphatic carbocycles. The van der Waals surface area contributed by atoms with Crippen LogP contribution in [0.2, 0.25) is 0 Å². The first kappa shape index (κ1) is 12.6. The van der Waals surface area contributed by atoms with Gasteiger partial charge in [0.2, 0.25) is 5.88 Å². The highest BCUT2D eigenvalue weighted by Crippen LogP contribution is 2.19. The second-order valence-electron chi connectivity index (χ2n) is 4.04. The van der Waals surface area contributed by atoms with E-state index in [0.29, 0.717) is 5.88 Å². The summed E-state index contributed by atoms with van der Waals surface area (Å²) in [7, 11) is 1.62. The molecule has 0 saturated carbocycles. The van der Waals surface area contributed by atoms with Crippen molar-refractivity contribution in [3.8, 4) is 5.88 Å². The Morgan fingerprint density at radius 2 is 2.28 bits per heavy atom. The minimum absolute atomic E-state index is 0.181. The van der Waals surface area contributed by atoms with Crippen LogP contribution in [0.25, 0.3) is 0 Å². The highest BCUT2D eigenvalue weighted by atomic mass is 16.5. The normalized spacial score (nSPS) is 12.3. The maximum Gasteiger partial charge on any atom is 0.212 e. The van der Waals surface area contributed by atoms with Crippen LogP contribution in [0.15, 0.2) is 41.1 Å². The molecule has 96 valence electrons. The lowest BCUT2D eigenvalue weighted by atomic mass is 10.1. The van der Waals surface area contributed by atoms with Crippen molar-refractivity contribution < 1.29 is 9.15 Å². The number of aromatic nitrogens is 1. The van der Waals surface area contributed by atoms with Crippen LogP contribution < -0.4 is 10.1 Å². The summed E-state index contributed by atoms with van der Waals surface area (Å²) in [5.74, 6) is 1.59. The summed E-state index contributed by atoms with van der Waals surface area (Å²) in [5.41, 5.74) is 1.15. The number of rotatable bonds is 6. The second-order valence-corrected chi connectivity index (χ2v) is 4.04. The van der Waals surface area contributed by atoms with E-state index in [-0.39, 0.29) is 6.04 Å². The lowest BCUT2D eigenvalue weighted by Crippen LogP contribution is -2.22. The fourth-order valence-electron chi connectivity index (χ4n) is 1.90. The highest BCUT2D eigenvalue weighted by molar-refractivity contribution is 5.20. The summed E-state index contributed by atoms with van der Waals surface area (Å²) in [6.45, 7) is 2.98. The Bertz CT molecular complexity index is 451. The van der Waals surface area contributed by atoms with Crippen LogP contribution in [-0.2, 0) is 6.42 Å². The van der Waals surface area contributed by atoms with Crippen LogP contribution >= 0.6 is 0 Å². The van der Waals surface area contributed by atoms with Crippen molar-refractivity contribution in [2.45, 2.75) is 19.4 Å². The number of pyridine rings is 1. The van der Waals surface area contributed by atoms with E-state index in [1.54, 1.807) is 13.4 Å². The fourth-order valence-corrected chi connectivity index (χ4v) is 1.90. The Morgan fingerprint density at radius 1 is 1.39 bits per heavy atom. The predicted octanol–water partition coefficient (Wildman–Crippen LogP) is 2.58. The van der Waals surface area contributed by atoms with E-state index >= 15 is 0 Å². The van der Waals surface area contributed by atoms with E-state index in [2.05, 4.69) is 17.2 Å². The van der Waals surface area contributed by atoms with Crippen LogP contribution in [0.5, 0.6) is 5.88 Å². The van der Waals surface area contributed by atoms with Gasteiger partial charge in [0.05, 0.1) is 19.4 Å². The summed E-state index contributed by atoms with van der Waals surface area (Å²) < 4.78 is 10.5. The van der Waals surface area contributed by atoms with E-state index in [1.165, 1.54) is 0 Å². The number of ether oxygens (including phenoxy) is 1. The monoisotopic (exact) mass is 246 g/mol.